The van der Waals surface area contributed by atoms with Gasteiger partial charge in [0.15, 0.2) is 0 Å². The highest BCUT2D eigenvalue weighted by molar-refractivity contribution is 5.74. The Morgan fingerprint density at radius 1 is 1.61 bits per heavy atom. The van der Waals surface area contributed by atoms with Crippen LogP contribution in [0.3, 0.4) is 0 Å². The Hall–Kier alpha value is -1.60. The lowest BCUT2D eigenvalue weighted by atomic mass is 10.0. The summed E-state index contributed by atoms with van der Waals surface area (Å²) in [6.45, 7) is 7.15. The third-order valence-corrected chi connectivity index (χ3v) is 4.29. The number of aromatic nitrogens is 2. The molecule has 1 saturated heterocycles. The highest BCUT2D eigenvalue weighted by Gasteiger charge is 2.33. The average molecular weight is 324 g/mol. The van der Waals surface area contributed by atoms with Gasteiger partial charge in [-0.1, -0.05) is 0 Å². The summed E-state index contributed by atoms with van der Waals surface area (Å²) in [5.74, 6) is 0. The van der Waals surface area contributed by atoms with Crippen LogP contribution in [-0.2, 0) is 15.9 Å². The third-order valence-electron chi connectivity index (χ3n) is 4.29. The molecule has 0 spiro atoms. The number of nitrogens with zero attached hydrogens (tertiary/aromatic N) is 2. The number of methoxy groups -OCH3 is 1. The van der Waals surface area contributed by atoms with Crippen molar-refractivity contribution >= 4 is 6.03 Å². The van der Waals surface area contributed by atoms with E-state index in [9.17, 15) is 4.79 Å². The van der Waals surface area contributed by atoms with Crippen molar-refractivity contribution in [2.45, 2.75) is 38.7 Å². The number of urea groups is 1. The lowest BCUT2D eigenvalue weighted by molar-refractivity contribution is -0.0977. The Balaban J connectivity index is 1.71. The van der Waals surface area contributed by atoms with E-state index in [2.05, 4.69) is 15.5 Å². The van der Waals surface area contributed by atoms with Gasteiger partial charge in [-0.15, -0.1) is 0 Å². The minimum absolute atomic E-state index is 0.0131. The molecule has 1 fully saturated rings. The van der Waals surface area contributed by atoms with E-state index in [1.165, 1.54) is 5.56 Å². The third kappa shape index (κ3) is 5.21. The number of carbonyl (C=O) groups excluding carboxylic acids is 1. The Bertz CT molecular complexity index is 505. The molecule has 2 rings (SSSR count). The van der Waals surface area contributed by atoms with E-state index in [0.717, 1.165) is 25.0 Å². The van der Waals surface area contributed by atoms with Crippen molar-refractivity contribution in [2.75, 3.05) is 40.0 Å². The SMILES string of the molecule is COCCC1(C)CN(C(=O)NCCCc2cn[nH]c2C)CCO1. The molecule has 23 heavy (non-hydrogen) atoms. The molecule has 7 heteroatoms. The second-order valence-electron chi connectivity index (χ2n) is 6.32. The minimum Gasteiger partial charge on any atom is -0.385 e. The molecule has 130 valence electrons. The predicted octanol–water partition coefficient (Wildman–Crippen LogP) is 1.49. The number of carbonyl (C=O) groups is 1. The van der Waals surface area contributed by atoms with Crippen molar-refractivity contribution in [3.05, 3.63) is 17.5 Å². The number of H-pyrrole nitrogens is 1. The zero-order valence-electron chi connectivity index (χ0n) is 14.4. The maximum absolute atomic E-state index is 12.3. The second-order valence-corrected chi connectivity index (χ2v) is 6.32. The highest BCUT2D eigenvalue weighted by Crippen LogP contribution is 2.21. The zero-order chi connectivity index (χ0) is 16.7. The number of nitrogens with one attached hydrogen (secondary N) is 2. The minimum atomic E-state index is -0.320. The molecule has 1 aromatic heterocycles. The van der Waals surface area contributed by atoms with Gasteiger partial charge in [0.1, 0.15) is 0 Å². The molecule has 0 aliphatic carbocycles. The standard InChI is InChI=1S/C16H28N4O3/c1-13-14(11-18-19-13)5-4-7-17-15(21)20-8-10-23-16(2,12-20)6-9-22-3/h11H,4-10,12H2,1-3H3,(H,17,21)(H,18,19). The van der Waals surface area contributed by atoms with Crippen LogP contribution in [-0.4, -0.2) is 66.7 Å². The van der Waals surface area contributed by atoms with Gasteiger partial charge >= 0.3 is 6.03 Å². The molecular formula is C16H28N4O3. The van der Waals surface area contributed by atoms with Crippen LogP contribution < -0.4 is 5.32 Å². The maximum atomic E-state index is 12.3. The summed E-state index contributed by atoms with van der Waals surface area (Å²) in [7, 11) is 1.68. The molecule has 0 radical (unpaired) electrons. The van der Waals surface area contributed by atoms with Gasteiger partial charge in [-0.25, -0.2) is 4.79 Å². The predicted molar refractivity (Wildman–Crippen MR) is 87.5 cm³/mol. The second kappa shape index (κ2) is 8.31. The molecule has 2 N–H and O–H groups in total. The molecule has 1 aliphatic rings. The van der Waals surface area contributed by atoms with Crippen molar-refractivity contribution in [3.63, 3.8) is 0 Å². The average Bonchev–Trinajstić information content (AvgIpc) is 2.94. The largest absolute Gasteiger partial charge is 0.385 e. The summed E-state index contributed by atoms with van der Waals surface area (Å²) >= 11 is 0. The fourth-order valence-electron chi connectivity index (χ4n) is 2.79. The number of amides is 2. The van der Waals surface area contributed by atoms with Crippen molar-refractivity contribution in [3.8, 4) is 0 Å². The Kier molecular flexibility index (Phi) is 6.41. The van der Waals surface area contributed by atoms with Crippen LogP contribution in [0.15, 0.2) is 6.20 Å². The monoisotopic (exact) mass is 324 g/mol. The number of ether oxygens (including phenoxy) is 2. The van der Waals surface area contributed by atoms with E-state index in [4.69, 9.17) is 9.47 Å². The fourth-order valence-corrected chi connectivity index (χ4v) is 2.79. The Morgan fingerprint density at radius 3 is 3.13 bits per heavy atom. The Morgan fingerprint density at radius 2 is 2.43 bits per heavy atom. The summed E-state index contributed by atoms with van der Waals surface area (Å²) in [4.78, 5) is 14.1. The smallest absolute Gasteiger partial charge is 0.317 e. The van der Waals surface area contributed by atoms with Crippen LogP contribution >= 0.6 is 0 Å². The van der Waals surface area contributed by atoms with Gasteiger partial charge in [-0.3, -0.25) is 5.10 Å². The van der Waals surface area contributed by atoms with Gasteiger partial charge in [0, 0.05) is 38.9 Å². The summed E-state index contributed by atoms with van der Waals surface area (Å²) in [6, 6.07) is -0.0131. The number of hydrogen-bond donors (Lipinski definition) is 2. The number of morpholine rings is 1. The molecule has 2 amide bonds. The lowest BCUT2D eigenvalue weighted by Gasteiger charge is -2.40. The molecule has 1 aromatic rings. The topological polar surface area (TPSA) is 79.5 Å². The van der Waals surface area contributed by atoms with Gasteiger partial charge in [0.25, 0.3) is 0 Å². The summed E-state index contributed by atoms with van der Waals surface area (Å²) in [6.07, 6.45) is 4.45. The zero-order valence-corrected chi connectivity index (χ0v) is 14.4. The molecule has 7 nitrogen and oxygen atoms in total. The van der Waals surface area contributed by atoms with Gasteiger partial charge in [0.2, 0.25) is 0 Å². The van der Waals surface area contributed by atoms with Crippen molar-refractivity contribution in [1.82, 2.24) is 20.4 Å². The normalized spacial score (nSPS) is 21.4. The molecule has 0 aromatic carbocycles. The first-order valence-electron chi connectivity index (χ1n) is 8.18. The van der Waals surface area contributed by atoms with E-state index < -0.39 is 0 Å². The van der Waals surface area contributed by atoms with Crippen molar-refractivity contribution < 1.29 is 14.3 Å². The van der Waals surface area contributed by atoms with Crippen molar-refractivity contribution in [2.24, 2.45) is 0 Å². The van der Waals surface area contributed by atoms with Crippen LogP contribution in [0.5, 0.6) is 0 Å². The quantitative estimate of drug-likeness (QED) is 0.745. The molecule has 0 saturated carbocycles. The Labute approximate surface area is 137 Å². The van der Waals surface area contributed by atoms with E-state index in [1.807, 2.05) is 24.9 Å². The number of hydrogen-bond acceptors (Lipinski definition) is 4. The van der Waals surface area contributed by atoms with Crippen LogP contribution in [0.1, 0.15) is 31.0 Å². The first-order chi connectivity index (χ1) is 11.0. The lowest BCUT2D eigenvalue weighted by Crippen LogP contribution is -2.55. The first-order valence-corrected chi connectivity index (χ1v) is 8.18. The van der Waals surface area contributed by atoms with E-state index in [-0.39, 0.29) is 11.6 Å². The van der Waals surface area contributed by atoms with Gasteiger partial charge < -0.3 is 19.7 Å². The number of aromatic amines is 1. The van der Waals surface area contributed by atoms with Gasteiger partial charge in [-0.2, -0.15) is 5.10 Å². The molecular weight excluding hydrogens is 296 g/mol. The molecule has 0 bridgehead atoms. The number of rotatable bonds is 7. The first kappa shape index (κ1) is 17.7. The summed E-state index contributed by atoms with van der Waals surface area (Å²) in [5, 5.41) is 9.93. The van der Waals surface area contributed by atoms with E-state index in [1.54, 1.807) is 7.11 Å². The number of aryl methyl sites for hydroxylation is 2. The van der Waals surface area contributed by atoms with Crippen molar-refractivity contribution in [1.29, 1.82) is 0 Å². The van der Waals surface area contributed by atoms with Gasteiger partial charge in [0.05, 0.1) is 24.9 Å². The maximum Gasteiger partial charge on any atom is 0.317 e. The van der Waals surface area contributed by atoms with Gasteiger partial charge in [-0.05, 0) is 32.3 Å². The summed E-state index contributed by atoms with van der Waals surface area (Å²) < 4.78 is 10.9. The molecule has 1 atom stereocenters. The van der Waals surface area contributed by atoms with E-state index >= 15 is 0 Å². The highest BCUT2D eigenvalue weighted by atomic mass is 16.5. The van der Waals surface area contributed by atoms with Crippen LogP contribution in [0.2, 0.25) is 0 Å². The van der Waals surface area contributed by atoms with Crippen LogP contribution in [0.4, 0.5) is 4.79 Å². The molecule has 2 heterocycles. The van der Waals surface area contributed by atoms with Crippen LogP contribution in [0, 0.1) is 6.92 Å². The fraction of sp³-hybridized carbons (Fsp3) is 0.750. The summed E-state index contributed by atoms with van der Waals surface area (Å²) in [5.41, 5.74) is 1.98. The van der Waals surface area contributed by atoms with E-state index in [0.29, 0.717) is 32.8 Å². The molecule has 1 unspecified atom stereocenters. The van der Waals surface area contributed by atoms with Crippen LogP contribution in [0.25, 0.3) is 0 Å². The molecule has 1 aliphatic heterocycles.